The molecule has 14 heavy (non-hydrogen) atoms. The van der Waals surface area contributed by atoms with E-state index in [4.69, 9.17) is 0 Å². The second-order valence-electron chi connectivity index (χ2n) is 3.23. The second-order valence-corrected chi connectivity index (χ2v) is 5.41. The van der Waals surface area contributed by atoms with Gasteiger partial charge in [-0.2, -0.15) is 10.6 Å². The molecule has 1 aliphatic rings. The van der Waals surface area contributed by atoms with E-state index in [0.29, 0.717) is 17.1 Å². The zero-order valence-corrected chi connectivity index (χ0v) is 8.41. The van der Waals surface area contributed by atoms with Crippen molar-refractivity contribution < 1.29 is 14.2 Å². The van der Waals surface area contributed by atoms with E-state index in [-0.39, 0.29) is 12.5 Å². The van der Waals surface area contributed by atoms with Crippen molar-refractivity contribution in [3.63, 3.8) is 0 Å². The smallest absolute Gasteiger partial charge is 0.154 e. The highest BCUT2D eigenvalue weighted by Gasteiger charge is 2.27. The minimum absolute atomic E-state index is 0.256. The minimum Gasteiger partial charge on any atom is -0.343 e. The van der Waals surface area contributed by atoms with E-state index in [2.05, 4.69) is 0 Å². The maximum absolute atomic E-state index is 10.8. The van der Waals surface area contributed by atoms with Gasteiger partial charge in [-0.25, -0.2) is 5.11 Å². The van der Waals surface area contributed by atoms with Crippen molar-refractivity contribution in [1.29, 1.82) is 0 Å². The van der Waals surface area contributed by atoms with Gasteiger partial charge in [0.05, 0.1) is 16.3 Å². The fourth-order valence-electron chi connectivity index (χ4n) is 1.60. The molecular formula is C9H12NO3S. The zero-order chi connectivity index (χ0) is 10.2. The molecule has 1 aromatic rings. The molecule has 0 aromatic heterocycles. The lowest BCUT2D eigenvalue weighted by molar-refractivity contribution is 0.192. The number of hydrogen-bond acceptors (Lipinski definition) is 3. The Balaban J connectivity index is 2.49. The summed E-state index contributed by atoms with van der Waals surface area (Å²) in [6.07, 6.45) is 0. The summed E-state index contributed by atoms with van der Waals surface area (Å²) in [6.45, 7) is 0.0787. The molecule has 0 unspecified atom stereocenters. The van der Waals surface area contributed by atoms with Gasteiger partial charge in [-0.15, -0.1) is 0 Å². The SMILES string of the molecule is [O]CN1CCS(O)(O)c2ccccc21. The number of para-hydroxylation sites is 1. The molecular weight excluding hydrogens is 202 g/mol. The van der Waals surface area contributed by atoms with Crippen LogP contribution in [0.3, 0.4) is 0 Å². The number of fused-ring (bicyclic) bond motifs is 1. The average Bonchev–Trinajstić information content (AvgIpc) is 2.18. The van der Waals surface area contributed by atoms with E-state index in [1.807, 2.05) is 0 Å². The Bertz CT molecular complexity index is 343. The van der Waals surface area contributed by atoms with Crippen molar-refractivity contribution in [3.05, 3.63) is 24.3 Å². The van der Waals surface area contributed by atoms with Crippen LogP contribution in [0.4, 0.5) is 5.69 Å². The van der Waals surface area contributed by atoms with E-state index in [1.165, 1.54) is 0 Å². The lowest BCUT2D eigenvalue weighted by Gasteiger charge is -2.42. The number of rotatable bonds is 1. The Kier molecular flexibility index (Phi) is 2.40. The molecule has 1 aliphatic heterocycles. The van der Waals surface area contributed by atoms with Gasteiger partial charge in [-0.1, -0.05) is 12.1 Å². The van der Waals surface area contributed by atoms with Crippen LogP contribution >= 0.6 is 10.6 Å². The molecule has 5 heteroatoms. The largest absolute Gasteiger partial charge is 0.343 e. The number of hydrogen-bond donors (Lipinski definition) is 2. The summed E-state index contributed by atoms with van der Waals surface area (Å²) in [5.74, 6) is 0.256. The van der Waals surface area contributed by atoms with Crippen molar-refractivity contribution in [2.45, 2.75) is 4.90 Å². The van der Waals surface area contributed by atoms with Crippen LogP contribution in [0.15, 0.2) is 29.2 Å². The molecule has 77 valence electrons. The van der Waals surface area contributed by atoms with Crippen molar-refractivity contribution in [2.75, 3.05) is 23.9 Å². The van der Waals surface area contributed by atoms with Crippen LogP contribution in [0.2, 0.25) is 0 Å². The first-order valence-corrected chi connectivity index (χ1v) is 6.05. The Morgan fingerprint density at radius 3 is 2.79 bits per heavy atom. The quantitative estimate of drug-likeness (QED) is 0.751. The van der Waals surface area contributed by atoms with E-state index >= 15 is 0 Å². The third-order valence-corrected chi connectivity index (χ3v) is 4.16. The summed E-state index contributed by atoms with van der Waals surface area (Å²) in [6, 6.07) is 6.97. The fourth-order valence-corrected chi connectivity index (χ4v) is 3.12. The van der Waals surface area contributed by atoms with Crippen LogP contribution in [-0.4, -0.2) is 28.1 Å². The lowest BCUT2D eigenvalue weighted by Crippen LogP contribution is -2.33. The van der Waals surface area contributed by atoms with Gasteiger partial charge in [-0.3, -0.25) is 9.11 Å². The summed E-state index contributed by atoms with van der Waals surface area (Å²) >= 11 is 0. The zero-order valence-electron chi connectivity index (χ0n) is 7.59. The standard InChI is InChI=1S/C9H12NO3S/c11-7-10-5-6-14(12,13)9-4-2-1-3-8(9)10/h1-4,12-13H,5-7H2. The van der Waals surface area contributed by atoms with Crippen molar-refractivity contribution in [1.82, 2.24) is 0 Å². The highest BCUT2D eigenvalue weighted by molar-refractivity contribution is 8.24. The average molecular weight is 214 g/mol. The van der Waals surface area contributed by atoms with Crippen LogP contribution in [0.1, 0.15) is 0 Å². The van der Waals surface area contributed by atoms with Gasteiger partial charge in [0.2, 0.25) is 0 Å². The first-order valence-electron chi connectivity index (χ1n) is 4.33. The van der Waals surface area contributed by atoms with E-state index in [1.54, 1.807) is 29.2 Å². The summed E-state index contributed by atoms with van der Waals surface area (Å²) in [5.41, 5.74) is 0.661. The van der Waals surface area contributed by atoms with E-state index in [9.17, 15) is 14.2 Å². The van der Waals surface area contributed by atoms with Crippen LogP contribution < -0.4 is 4.90 Å². The molecule has 0 saturated carbocycles. The molecule has 0 saturated heterocycles. The summed E-state index contributed by atoms with van der Waals surface area (Å²) in [7, 11) is -2.67. The molecule has 1 heterocycles. The molecule has 0 bridgehead atoms. The van der Waals surface area contributed by atoms with Gasteiger partial charge >= 0.3 is 0 Å². The second kappa shape index (κ2) is 3.43. The predicted molar refractivity (Wildman–Crippen MR) is 55.3 cm³/mol. The van der Waals surface area contributed by atoms with Gasteiger partial charge in [-0.05, 0) is 12.1 Å². The summed E-state index contributed by atoms with van der Waals surface area (Å²) in [4.78, 5) is 2.12. The van der Waals surface area contributed by atoms with E-state index in [0.717, 1.165) is 0 Å². The topological polar surface area (TPSA) is 63.6 Å². The van der Waals surface area contributed by atoms with Crippen LogP contribution in [0, 0.1) is 0 Å². The number of benzene rings is 1. The molecule has 1 aromatic carbocycles. The predicted octanol–water partition coefficient (Wildman–Crippen LogP) is 2.00. The maximum Gasteiger partial charge on any atom is 0.154 e. The molecule has 4 nitrogen and oxygen atoms in total. The first-order chi connectivity index (χ1) is 6.65. The molecule has 2 rings (SSSR count). The molecule has 0 atom stereocenters. The van der Waals surface area contributed by atoms with Crippen LogP contribution in [-0.2, 0) is 5.11 Å². The van der Waals surface area contributed by atoms with Crippen molar-refractivity contribution in [3.8, 4) is 0 Å². The minimum atomic E-state index is -2.67. The van der Waals surface area contributed by atoms with Crippen molar-refractivity contribution >= 4 is 16.3 Å². The third-order valence-electron chi connectivity index (χ3n) is 2.36. The highest BCUT2D eigenvalue weighted by Crippen LogP contribution is 2.54. The maximum atomic E-state index is 10.8. The number of anilines is 1. The van der Waals surface area contributed by atoms with Gasteiger partial charge in [0, 0.05) is 6.54 Å². The molecule has 0 fully saturated rings. The number of nitrogens with zero attached hydrogens (tertiary/aromatic N) is 1. The Morgan fingerprint density at radius 1 is 1.36 bits per heavy atom. The van der Waals surface area contributed by atoms with Gasteiger partial charge in [0.15, 0.2) is 6.73 Å². The first kappa shape index (κ1) is 9.79. The normalized spacial score (nSPS) is 21.5. The lowest BCUT2D eigenvalue weighted by atomic mass is 10.3. The fraction of sp³-hybridized carbons (Fsp3) is 0.333. The molecule has 1 radical (unpaired) electrons. The molecule has 0 aliphatic carbocycles. The van der Waals surface area contributed by atoms with Crippen molar-refractivity contribution in [2.24, 2.45) is 0 Å². The summed E-state index contributed by atoms with van der Waals surface area (Å²) in [5, 5.41) is 10.8. The monoisotopic (exact) mass is 214 g/mol. The molecule has 0 amide bonds. The molecule has 0 spiro atoms. The third kappa shape index (κ3) is 1.48. The van der Waals surface area contributed by atoms with Gasteiger partial charge < -0.3 is 4.90 Å². The van der Waals surface area contributed by atoms with Gasteiger partial charge in [0.1, 0.15) is 0 Å². The van der Waals surface area contributed by atoms with Crippen LogP contribution in [0.25, 0.3) is 0 Å². The molecule has 2 N–H and O–H groups in total. The Morgan fingerprint density at radius 2 is 2.07 bits per heavy atom. The Hall–Kier alpha value is -0.750. The highest BCUT2D eigenvalue weighted by atomic mass is 32.3. The summed E-state index contributed by atoms with van der Waals surface area (Å²) < 4.78 is 19.5. The van der Waals surface area contributed by atoms with E-state index < -0.39 is 10.6 Å². The van der Waals surface area contributed by atoms with Crippen LogP contribution in [0.5, 0.6) is 0 Å². The van der Waals surface area contributed by atoms with Gasteiger partial charge in [0.25, 0.3) is 0 Å². The Labute approximate surface area is 84.1 Å².